The highest BCUT2D eigenvalue weighted by molar-refractivity contribution is 6.50. The summed E-state index contributed by atoms with van der Waals surface area (Å²) in [5.74, 6) is -0.340. The summed E-state index contributed by atoms with van der Waals surface area (Å²) < 4.78 is 5.09. The van der Waals surface area contributed by atoms with Gasteiger partial charge < -0.3 is 10.1 Å². The van der Waals surface area contributed by atoms with E-state index in [4.69, 9.17) is 4.74 Å². The zero-order valence-electron chi connectivity index (χ0n) is 11.3. The summed E-state index contributed by atoms with van der Waals surface area (Å²) in [5.41, 5.74) is 2.10. The van der Waals surface area contributed by atoms with Crippen molar-refractivity contribution in [1.29, 1.82) is 0 Å². The van der Waals surface area contributed by atoms with Crippen molar-refractivity contribution in [2.45, 2.75) is 0 Å². The number of rotatable bonds is 3. The first-order chi connectivity index (χ1) is 10.2. The number of nitrogens with one attached hydrogen (secondary N) is 1. The van der Waals surface area contributed by atoms with E-state index in [1.165, 1.54) is 6.08 Å². The van der Waals surface area contributed by atoms with Crippen LogP contribution in [0.4, 0.5) is 5.69 Å². The smallest absolute Gasteiger partial charge is 0.235 e. The standard InChI is InChI=1S/C16H12N2O3/c1-21-11-6-4-10(5-7-11)18-13-9-14(19)16(20)12-3-2-8-17-15(12)13/h2-9,18H,1H3. The number of ether oxygens (including phenoxy) is 1. The second-order valence-electron chi connectivity index (χ2n) is 4.50. The van der Waals surface area contributed by atoms with Crippen molar-refractivity contribution in [3.05, 3.63) is 59.9 Å². The quantitative estimate of drug-likeness (QED) is 0.874. The summed E-state index contributed by atoms with van der Waals surface area (Å²) in [6.07, 6.45) is 2.87. The number of hydrogen-bond donors (Lipinski definition) is 1. The van der Waals surface area contributed by atoms with Gasteiger partial charge in [0, 0.05) is 18.0 Å². The molecule has 0 saturated carbocycles. The third-order valence-corrected chi connectivity index (χ3v) is 3.18. The van der Waals surface area contributed by atoms with Crippen molar-refractivity contribution >= 4 is 23.0 Å². The number of Topliss-reactive ketones (excluding diaryl/α,β-unsaturated/α-hetero) is 1. The molecule has 1 aromatic heterocycles. The first-order valence-electron chi connectivity index (χ1n) is 6.36. The summed E-state index contributed by atoms with van der Waals surface area (Å²) in [6.45, 7) is 0. The maximum absolute atomic E-state index is 11.8. The second-order valence-corrected chi connectivity index (χ2v) is 4.50. The highest BCUT2D eigenvalue weighted by atomic mass is 16.5. The van der Waals surface area contributed by atoms with Gasteiger partial charge in [0.2, 0.25) is 11.6 Å². The van der Waals surface area contributed by atoms with E-state index < -0.39 is 11.6 Å². The van der Waals surface area contributed by atoms with Crippen molar-refractivity contribution in [2.24, 2.45) is 0 Å². The molecule has 0 radical (unpaired) electrons. The van der Waals surface area contributed by atoms with Crippen molar-refractivity contribution in [3.63, 3.8) is 0 Å². The molecule has 2 aromatic rings. The van der Waals surface area contributed by atoms with Gasteiger partial charge in [-0.3, -0.25) is 14.6 Å². The predicted octanol–water partition coefficient (Wildman–Crippen LogP) is 2.31. The fourth-order valence-electron chi connectivity index (χ4n) is 2.13. The van der Waals surface area contributed by atoms with Crippen molar-refractivity contribution in [1.82, 2.24) is 4.98 Å². The third kappa shape index (κ3) is 2.41. The number of fused-ring (bicyclic) bond motifs is 1. The highest BCUT2D eigenvalue weighted by Gasteiger charge is 2.26. The zero-order valence-corrected chi connectivity index (χ0v) is 11.3. The lowest BCUT2D eigenvalue weighted by molar-refractivity contribution is -0.111. The zero-order chi connectivity index (χ0) is 14.8. The monoisotopic (exact) mass is 280 g/mol. The molecule has 104 valence electrons. The number of aromatic nitrogens is 1. The van der Waals surface area contributed by atoms with Crippen LogP contribution in [0.25, 0.3) is 5.70 Å². The molecule has 0 saturated heterocycles. The molecule has 1 aromatic carbocycles. The first kappa shape index (κ1) is 13.1. The van der Waals surface area contributed by atoms with E-state index in [-0.39, 0.29) is 0 Å². The SMILES string of the molecule is COc1ccc(NC2=CC(=O)C(=O)c3cccnc32)cc1. The summed E-state index contributed by atoms with van der Waals surface area (Å²) >= 11 is 0. The molecule has 1 aliphatic carbocycles. The number of carbonyl (C=O) groups excluding carboxylic acids is 2. The Morgan fingerprint density at radius 2 is 1.86 bits per heavy atom. The minimum atomic E-state index is -0.550. The van der Waals surface area contributed by atoms with E-state index in [1.54, 1.807) is 37.6 Å². The molecule has 1 aliphatic rings. The molecule has 1 N–H and O–H groups in total. The number of ketones is 2. The first-order valence-corrected chi connectivity index (χ1v) is 6.36. The number of anilines is 1. The molecular formula is C16H12N2O3. The van der Waals surface area contributed by atoms with Gasteiger partial charge in [0.05, 0.1) is 24.1 Å². The minimum Gasteiger partial charge on any atom is -0.497 e. The normalized spacial score (nSPS) is 13.5. The van der Waals surface area contributed by atoms with Gasteiger partial charge in [0.25, 0.3) is 0 Å². The van der Waals surface area contributed by atoms with Gasteiger partial charge in [0.1, 0.15) is 5.75 Å². The van der Waals surface area contributed by atoms with E-state index >= 15 is 0 Å². The lowest BCUT2D eigenvalue weighted by Crippen LogP contribution is -2.21. The summed E-state index contributed by atoms with van der Waals surface area (Å²) in [4.78, 5) is 27.8. The van der Waals surface area contributed by atoms with Crippen LogP contribution in [0.2, 0.25) is 0 Å². The van der Waals surface area contributed by atoms with E-state index in [2.05, 4.69) is 10.3 Å². The van der Waals surface area contributed by atoms with E-state index in [0.29, 0.717) is 17.0 Å². The number of carbonyl (C=O) groups is 2. The molecule has 0 atom stereocenters. The van der Waals surface area contributed by atoms with Gasteiger partial charge in [-0.05, 0) is 36.4 Å². The van der Waals surface area contributed by atoms with Crippen LogP contribution < -0.4 is 10.1 Å². The molecule has 0 amide bonds. The fraction of sp³-hybridized carbons (Fsp3) is 0.0625. The molecular weight excluding hydrogens is 268 g/mol. The Hall–Kier alpha value is -2.95. The maximum Gasteiger partial charge on any atom is 0.235 e. The Bertz CT molecular complexity index is 748. The van der Waals surface area contributed by atoms with Crippen LogP contribution in [0.3, 0.4) is 0 Å². The van der Waals surface area contributed by atoms with Crippen LogP contribution in [0, 0.1) is 0 Å². The average Bonchev–Trinajstić information content (AvgIpc) is 2.53. The Morgan fingerprint density at radius 1 is 1.10 bits per heavy atom. The number of methoxy groups -OCH3 is 1. The van der Waals surface area contributed by atoms with E-state index in [9.17, 15) is 9.59 Å². The van der Waals surface area contributed by atoms with Gasteiger partial charge >= 0.3 is 0 Å². The Kier molecular flexibility index (Phi) is 3.23. The summed E-state index contributed by atoms with van der Waals surface area (Å²) in [7, 11) is 1.59. The fourth-order valence-corrected chi connectivity index (χ4v) is 2.13. The average molecular weight is 280 g/mol. The molecule has 1 heterocycles. The lowest BCUT2D eigenvalue weighted by atomic mass is 9.97. The number of benzene rings is 1. The highest BCUT2D eigenvalue weighted by Crippen LogP contribution is 2.25. The van der Waals surface area contributed by atoms with E-state index in [1.807, 2.05) is 12.1 Å². The van der Waals surface area contributed by atoms with Crippen molar-refractivity contribution in [2.75, 3.05) is 12.4 Å². The van der Waals surface area contributed by atoms with Crippen LogP contribution in [0.5, 0.6) is 5.75 Å². The lowest BCUT2D eigenvalue weighted by Gasteiger charge is -2.16. The third-order valence-electron chi connectivity index (χ3n) is 3.18. The summed E-state index contributed by atoms with van der Waals surface area (Å²) in [5, 5.41) is 3.11. The number of pyridine rings is 1. The van der Waals surface area contributed by atoms with Gasteiger partial charge in [-0.25, -0.2) is 0 Å². The van der Waals surface area contributed by atoms with Gasteiger partial charge in [-0.2, -0.15) is 0 Å². The second kappa shape index (κ2) is 5.20. The topological polar surface area (TPSA) is 68.3 Å². The molecule has 0 fully saturated rings. The molecule has 5 nitrogen and oxygen atoms in total. The van der Waals surface area contributed by atoms with Crippen LogP contribution in [0.15, 0.2) is 48.7 Å². The van der Waals surface area contributed by atoms with E-state index in [0.717, 1.165) is 11.4 Å². The van der Waals surface area contributed by atoms with Crippen LogP contribution in [-0.4, -0.2) is 23.7 Å². The Labute approximate surface area is 121 Å². The minimum absolute atomic E-state index is 0.320. The van der Waals surface area contributed by atoms with Crippen molar-refractivity contribution in [3.8, 4) is 5.75 Å². The largest absolute Gasteiger partial charge is 0.497 e. The Morgan fingerprint density at radius 3 is 2.57 bits per heavy atom. The Balaban J connectivity index is 1.96. The molecule has 0 spiro atoms. The molecule has 5 heteroatoms. The van der Waals surface area contributed by atoms with Gasteiger partial charge in [-0.15, -0.1) is 0 Å². The number of hydrogen-bond acceptors (Lipinski definition) is 5. The predicted molar refractivity (Wildman–Crippen MR) is 78.2 cm³/mol. The molecule has 21 heavy (non-hydrogen) atoms. The maximum atomic E-state index is 11.8. The van der Waals surface area contributed by atoms with Gasteiger partial charge in [-0.1, -0.05) is 0 Å². The van der Waals surface area contributed by atoms with Gasteiger partial charge in [0.15, 0.2) is 0 Å². The molecule has 0 unspecified atom stereocenters. The van der Waals surface area contributed by atoms with Crippen LogP contribution in [0.1, 0.15) is 16.1 Å². The van der Waals surface area contributed by atoms with Crippen molar-refractivity contribution < 1.29 is 14.3 Å². The van der Waals surface area contributed by atoms with Crippen LogP contribution >= 0.6 is 0 Å². The number of allylic oxidation sites excluding steroid dienone is 1. The number of nitrogens with zero attached hydrogens (tertiary/aromatic N) is 1. The molecule has 0 bridgehead atoms. The molecule has 0 aliphatic heterocycles. The summed E-state index contributed by atoms with van der Waals surface area (Å²) in [6, 6.07) is 10.5. The molecule has 3 rings (SSSR count). The van der Waals surface area contributed by atoms with Crippen LogP contribution in [-0.2, 0) is 4.79 Å².